The van der Waals surface area contributed by atoms with Crippen LogP contribution in [0.3, 0.4) is 0 Å². The van der Waals surface area contributed by atoms with Gasteiger partial charge < -0.3 is 39.2 Å². The summed E-state index contributed by atoms with van der Waals surface area (Å²) in [5, 5.41) is 38.3. The molecule has 1 aromatic heterocycles. The summed E-state index contributed by atoms with van der Waals surface area (Å²) in [6, 6.07) is 3.87. The largest absolute Gasteiger partial charge is 0.748 e. The van der Waals surface area contributed by atoms with Crippen LogP contribution in [0.15, 0.2) is 24.5 Å². The molecule has 14 heteroatoms. The van der Waals surface area contributed by atoms with E-state index in [4.69, 9.17) is 19.3 Å². The van der Waals surface area contributed by atoms with E-state index in [9.17, 15) is 28.3 Å². The summed E-state index contributed by atoms with van der Waals surface area (Å²) in [6.07, 6.45) is 16.1. The normalized spacial score (nSPS) is 21.2. The summed E-state index contributed by atoms with van der Waals surface area (Å²) in [5.74, 6) is -0.235. The van der Waals surface area contributed by atoms with Crippen molar-refractivity contribution in [2.75, 3.05) is 31.3 Å². The minimum atomic E-state index is -4.19. The zero-order valence-electron chi connectivity index (χ0n) is 31.0. The molecule has 0 bridgehead atoms. The fourth-order valence-electron chi connectivity index (χ4n) is 5.36. The van der Waals surface area contributed by atoms with Crippen molar-refractivity contribution >= 4 is 31.7 Å². The highest BCUT2D eigenvalue weighted by Gasteiger charge is 2.43. The highest BCUT2D eigenvalue weighted by atomic mass is 33.1. The minimum Gasteiger partial charge on any atom is -0.748 e. The zero-order valence-corrected chi connectivity index (χ0v) is 33.4. The number of rotatable bonds is 27. The van der Waals surface area contributed by atoms with E-state index in [2.05, 4.69) is 20.8 Å². The molecule has 1 aliphatic rings. The molecule has 2 rings (SSSR count). The number of hydrogen-bond acceptors (Lipinski definition) is 12. The van der Waals surface area contributed by atoms with E-state index < -0.39 is 45.8 Å². The fourth-order valence-corrected chi connectivity index (χ4v) is 8.38. The van der Waals surface area contributed by atoms with Gasteiger partial charge in [-0.15, -0.1) is 0 Å². The van der Waals surface area contributed by atoms with Crippen LogP contribution in [0.5, 0.6) is 0 Å². The molecule has 4 N–H and O–H groups in total. The molecule has 294 valence electrons. The van der Waals surface area contributed by atoms with Crippen LogP contribution >= 0.6 is 21.6 Å². The van der Waals surface area contributed by atoms with Crippen LogP contribution < -0.4 is 4.57 Å². The SMILES string of the molecule is CCCCCCCCSS[C@@H]1OC(CO)[C@H](O)[C@H](O)C1O.CCCCCCOC(C)(OCCCCCC)c1ccc[n+](CCCS(=O)(=O)[O-])c1. The second kappa shape index (κ2) is 28.0. The quantitative estimate of drug-likeness (QED) is 0.0279. The van der Waals surface area contributed by atoms with Crippen molar-refractivity contribution in [3.63, 3.8) is 0 Å². The van der Waals surface area contributed by atoms with Crippen LogP contribution in [-0.4, -0.2) is 94.6 Å². The van der Waals surface area contributed by atoms with Gasteiger partial charge >= 0.3 is 0 Å². The van der Waals surface area contributed by atoms with Crippen molar-refractivity contribution in [1.29, 1.82) is 0 Å². The Hall–Kier alpha value is -0.520. The Morgan fingerprint density at radius 3 is 1.96 bits per heavy atom. The number of aliphatic hydroxyl groups excluding tert-OH is 4. The molecule has 0 spiro atoms. The molecule has 1 aromatic rings. The third-order valence-electron chi connectivity index (χ3n) is 8.54. The van der Waals surface area contributed by atoms with Gasteiger partial charge in [-0.05, 0) is 32.3 Å². The van der Waals surface area contributed by atoms with E-state index in [0.29, 0.717) is 19.8 Å². The molecule has 2 unspecified atom stereocenters. The Balaban J connectivity index is 0.000000526. The second-order valence-electron chi connectivity index (χ2n) is 13.1. The second-order valence-corrected chi connectivity index (χ2v) is 17.2. The fraction of sp³-hybridized carbons (Fsp3) is 0.861. The smallest absolute Gasteiger partial charge is 0.197 e. The lowest BCUT2D eigenvalue weighted by Crippen LogP contribution is -2.57. The Morgan fingerprint density at radius 2 is 1.40 bits per heavy atom. The van der Waals surface area contributed by atoms with Crippen molar-refractivity contribution in [3.05, 3.63) is 30.1 Å². The number of unbranched alkanes of at least 4 members (excludes halogenated alkanes) is 11. The Labute approximate surface area is 310 Å². The van der Waals surface area contributed by atoms with Crippen molar-refractivity contribution in [2.45, 2.75) is 166 Å². The Kier molecular flexibility index (Phi) is 26.6. The molecule has 0 saturated carbocycles. The monoisotopic (exact) mass is 769 g/mol. The molecule has 50 heavy (non-hydrogen) atoms. The van der Waals surface area contributed by atoms with E-state index in [-0.39, 0.29) is 18.8 Å². The van der Waals surface area contributed by atoms with E-state index in [0.717, 1.165) is 43.4 Å². The molecule has 0 aliphatic carbocycles. The molecule has 1 saturated heterocycles. The van der Waals surface area contributed by atoms with Gasteiger partial charge in [0.2, 0.25) is 0 Å². The lowest BCUT2D eigenvalue weighted by atomic mass is 10.0. The molecule has 5 atom stereocenters. The van der Waals surface area contributed by atoms with Crippen LogP contribution in [-0.2, 0) is 36.7 Å². The topological polar surface area (TPSA) is 170 Å². The third kappa shape index (κ3) is 20.6. The van der Waals surface area contributed by atoms with Crippen LogP contribution in [0.1, 0.15) is 130 Å². The molecule has 11 nitrogen and oxygen atoms in total. The summed E-state index contributed by atoms with van der Waals surface area (Å²) in [6.45, 7) is 9.88. The zero-order chi connectivity index (χ0) is 37.3. The molecule has 2 heterocycles. The number of aromatic nitrogens is 1. The van der Waals surface area contributed by atoms with Gasteiger partial charge in [-0.2, -0.15) is 0 Å². The average molecular weight is 770 g/mol. The molecule has 0 radical (unpaired) electrons. The molecule has 1 aliphatic heterocycles. The summed E-state index contributed by atoms with van der Waals surface area (Å²) in [4.78, 5) is 0. The number of aliphatic hydroxyl groups is 4. The van der Waals surface area contributed by atoms with Gasteiger partial charge in [0.25, 0.3) is 0 Å². The number of pyridine rings is 1. The first-order chi connectivity index (χ1) is 23.9. The van der Waals surface area contributed by atoms with Crippen LogP contribution in [0, 0.1) is 0 Å². The van der Waals surface area contributed by atoms with E-state index in [1.807, 2.05) is 36.0 Å². The van der Waals surface area contributed by atoms with Gasteiger partial charge in [0.05, 0.1) is 35.5 Å². The molecular formula is C36H67NO10S3. The van der Waals surface area contributed by atoms with Gasteiger partial charge in [-0.3, -0.25) is 0 Å². The van der Waals surface area contributed by atoms with Crippen molar-refractivity contribution in [3.8, 4) is 0 Å². The van der Waals surface area contributed by atoms with Crippen molar-refractivity contribution < 1.29 is 52.2 Å². The Bertz CT molecular complexity index is 1070. The predicted octanol–water partition coefficient (Wildman–Crippen LogP) is 5.80. The standard InChI is InChI=1S/C22H39NO5S.C14H28O5S2/c1-4-6-8-10-17-27-22(3,28-18-11-9-7-5-2)21-14-12-15-23(20-21)16-13-19-29(24,25)26;1-2-3-4-5-6-7-8-20-21-14-13(18)12(17)11(16)10(9-15)19-14/h12,14-15,20H,4-11,13,16-19H2,1-3H3;10-18H,2-9H2,1H3/t;10?,11-,12-,13?,14-/m.0/s1. The highest BCUT2D eigenvalue weighted by Crippen LogP contribution is 2.36. The lowest BCUT2D eigenvalue weighted by molar-refractivity contribution is -0.697. The van der Waals surface area contributed by atoms with E-state index in [1.165, 1.54) is 68.6 Å². The minimum absolute atomic E-state index is 0.284. The van der Waals surface area contributed by atoms with E-state index in [1.54, 1.807) is 10.8 Å². The summed E-state index contributed by atoms with van der Waals surface area (Å²) in [7, 11) is -1.22. The molecular weight excluding hydrogens is 703 g/mol. The van der Waals surface area contributed by atoms with Gasteiger partial charge in [0, 0.05) is 24.0 Å². The first-order valence-electron chi connectivity index (χ1n) is 18.7. The number of hydrogen-bond donors (Lipinski definition) is 4. The highest BCUT2D eigenvalue weighted by molar-refractivity contribution is 8.76. The lowest BCUT2D eigenvalue weighted by Gasteiger charge is -2.39. The van der Waals surface area contributed by atoms with Gasteiger partial charge in [0.1, 0.15) is 36.4 Å². The molecule has 0 amide bonds. The van der Waals surface area contributed by atoms with Crippen molar-refractivity contribution in [2.24, 2.45) is 0 Å². The molecule has 0 aromatic carbocycles. The van der Waals surface area contributed by atoms with E-state index >= 15 is 0 Å². The Morgan fingerprint density at radius 1 is 0.840 bits per heavy atom. The van der Waals surface area contributed by atoms with Crippen LogP contribution in [0.4, 0.5) is 0 Å². The maximum absolute atomic E-state index is 10.8. The van der Waals surface area contributed by atoms with Gasteiger partial charge in [0.15, 0.2) is 18.2 Å². The number of nitrogens with zero attached hydrogens (tertiary/aromatic N) is 1. The summed E-state index contributed by atoms with van der Waals surface area (Å²) in [5.41, 5.74) is 0.279. The average Bonchev–Trinajstić information content (AvgIpc) is 3.09. The number of ether oxygens (including phenoxy) is 3. The number of aryl methyl sites for hydroxylation is 1. The third-order valence-corrected chi connectivity index (χ3v) is 12.0. The maximum atomic E-state index is 10.8. The van der Waals surface area contributed by atoms with Crippen LogP contribution in [0.25, 0.3) is 0 Å². The first-order valence-corrected chi connectivity index (χ1v) is 22.7. The van der Waals surface area contributed by atoms with Crippen LogP contribution in [0.2, 0.25) is 0 Å². The van der Waals surface area contributed by atoms with Crippen molar-refractivity contribution in [1.82, 2.24) is 0 Å². The maximum Gasteiger partial charge on any atom is 0.197 e. The van der Waals surface area contributed by atoms with Gasteiger partial charge in [-0.25, -0.2) is 13.0 Å². The predicted molar refractivity (Wildman–Crippen MR) is 201 cm³/mol. The summed E-state index contributed by atoms with van der Waals surface area (Å²) >= 11 is 0. The summed E-state index contributed by atoms with van der Waals surface area (Å²) < 4.78 is 52.2. The first kappa shape index (κ1) is 47.5. The molecule has 1 fully saturated rings. The van der Waals surface area contributed by atoms with Gasteiger partial charge in [-0.1, -0.05) is 113 Å².